The second-order valence-electron chi connectivity index (χ2n) is 5.05. The zero-order valence-corrected chi connectivity index (χ0v) is 12.5. The van der Waals surface area contributed by atoms with Crippen LogP contribution in [-0.2, 0) is 12.4 Å². The molecule has 0 aliphatic carbocycles. The van der Waals surface area contributed by atoms with Crippen molar-refractivity contribution in [3.63, 3.8) is 0 Å². The first-order valence-corrected chi connectivity index (χ1v) is 7.60. The largest absolute Gasteiger partial charge is 0.280 e. The Kier molecular flexibility index (Phi) is 3.24. The molecule has 0 atom stereocenters. The van der Waals surface area contributed by atoms with Crippen LogP contribution in [0.25, 0.3) is 5.69 Å². The Morgan fingerprint density at radius 2 is 1.73 bits per heavy atom. The SMILES string of the molecule is ClCc1nnc2n1-c1ccccc1C(c1ccccc1)=NC2. The summed E-state index contributed by atoms with van der Waals surface area (Å²) >= 11 is 6.02. The van der Waals surface area contributed by atoms with Gasteiger partial charge < -0.3 is 0 Å². The molecule has 2 heterocycles. The van der Waals surface area contributed by atoms with Crippen LogP contribution in [0, 0.1) is 0 Å². The fourth-order valence-electron chi connectivity index (χ4n) is 2.77. The van der Waals surface area contributed by atoms with Crippen molar-refractivity contribution >= 4 is 17.3 Å². The highest BCUT2D eigenvalue weighted by Gasteiger charge is 2.21. The van der Waals surface area contributed by atoms with Crippen LogP contribution >= 0.6 is 11.6 Å². The lowest BCUT2D eigenvalue weighted by atomic mass is 10.0. The normalized spacial score (nSPS) is 13.0. The zero-order valence-electron chi connectivity index (χ0n) is 11.8. The number of alkyl halides is 1. The minimum absolute atomic E-state index is 0.321. The van der Waals surface area contributed by atoms with Gasteiger partial charge in [-0.1, -0.05) is 48.5 Å². The summed E-state index contributed by atoms with van der Waals surface area (Å²) in [5.74, 6) is 1.88. The van der Waals surface area contributed by atoms with Gasteiger partial charge in [-0.05, 0) is 6.07 Å². The summed E-state index contributed by atoms with van der Waals surface area (Å²) in [6.07, 6.45) is 0. The zero-order chi connectivity index (χ0) is 14.9. The third kappa shape index (κ3) is 2.04. The van der Waals surface area contributed by atoms with Crippen LogP contribution in [0.15, 0.2) is 59.6 Å². The molecule has 0 spiro atoms. The van der Waals surface area contributed by atoms with Crippen molar-refractivity contribution in [2.75, 3.05) is 0 Å². The number of nitrogens with zero attached hydrogens (tertiary/aromatic N) is 4. The predicted octanol–water partition coefficient (Wildman–Crippen LogP) is 3.36. The maximum Gasteiger partial charge on any atom is 0.159 e. The highest BCUT2D eigenvalue weighted by molar-refractivity contribution is 6.17. The van der Waals surface area contributed by atoms with Crippen molar-refractivity contribution in [3.8, 4) is 5.69 Å². The number of fused-ring (bicyclic) bond motifs is 3. The Labute approximate surface area is 133 Å². The first kappa shape index (κ1) is 13.2. The van der Waals surface area contributed by atoms with Crippen molar-refractivity contribution in [2.45, 2.75) is 12.4 Å². The lowest BCUT2D eigenvalue weighted by Gasteiger charge is -2.12. The van der Waals surface area contributed by atoms with E-state index in [1.54, 1.807) is 0 Å². The molecule has 1 aliphatic heterocycles. The van der Waals surface area contributed by atoms with Gasteiger partial charge in [0.25, 0.3) is 0 Å². The number of para-hydroxylation sites is 1. The number of hydrogen-bond acceptors (Lipinski definition) is 3. The van der Waals surface area contributed by atoms with Crippen LogP contribution in [0.2, 0.25) is 0 Å². The van der Waals surface area contributed by atoms with Gasteiger partial charge >= 0.3 is 0 Å². The Hall–Kier alpha value is -2.46. The number of benzene rings is 2. The molecule has 1 aromatic heterocycles. The second kappa shape index (κ2) is 5.39. The minimum atomic E-state index is 0.321. The van der Waals surface area contributed by atoms with Crippen LogP contribution in [0.3, 0.4) is 0 Å². The molecule has 0 unspecified atom stereocenters. The summed E-state index contributed by atoms with van der Waals surface area (Å²) in [5.41, 5.74) is 4.17. The van der Waals surface area contributed by atoms with Gasteiger partial charge in [0.1, 0.15) is 6.54 Å². The Morgan fingerprint density at radius 3 is 2.55 bits per heavy atom. The molecule has 4 rings (SSSR count). The highest BCUT2D eigenvalue weighted by atomic mass is 35.5. The molecule has 0 bridgehead atoms. The third-order valence-electron chi connectivity index (χ3n) is 3.74. The average Bonchev–Trinajstić information content (AvgIpc) is 2.92. The van der Waals surface area contributed by atoms with Crippen LogP contribution in [-0.4, -0.2) is 20.5 Å². The van der Waals surface area contributed by atoms with Gasteiger partial charge in [0.05, 0.1) is 17.3 Å². The molecule has 0 fully saturated rings. The number of rotatable bonds is 2. The molecule has 0 radical (unpaired) electrons. The first-order valence-electron chi connectivity index (χ1n) is 7.07. The summed E-state index contributed by atoms with van der Waals surface area (Å²) in [6, 6.07) is 18.4. The topological polar surface area (TPSA) is 43.1 Å². The summed E-state index contributed by atoms with van der Waals surface area (Å²) < 4.78 is 2.02. The van der Waals surface area contributed by atoms with Gasteiger partial charge in [0.15, 0.2) is 11.6 Å². The van der Waals surface area contributed by atoms with Crippen LogP contribution in [0.5, 0.6) is 0 Å². The summed E-state index contributed by atoms with van der Waals surface area (Å²) in [7, 11) is 0. The molecule has 1 aliphatic rings. The molecular weight excluding hydrogens is 296 g/mol. The number of hydrogen-bond donors (Lipinski definition) is 0. The average molecular weight is 309 g/mol. The molecule has 108 valence electrons. The van der Waals surface area contributed by atoms with E-state index in [0.717, 1.165) is 34.2 Å². The van der Waals surface area contributed by atoms with E-state index in [1.165, 1.54) is 0 Å². The Bertz CT molecular complexity index is 852. The van der Waals surface area contributed by atoms with E-state index in [0.29, 0.717) is 12.4 Å². The summed E-state index contributed by atoms with van der Waals surface area (Å²) in [4.78, 5) is 4.77. The lowest BCUT2D eigenvalue weighted by molar-refractivity contribution is 0.859. The standard InChI is InChI=1S/C17H13ClN4/c18-10-15-20-21-16-11-19-17(12-6-2-1-3-7-12)13-8-4-5-9-14(13)22(15)16/h1-9H,10-11H2. The fourth-order valence-corrected chi connectivity index (χ4v) is 2.94. The van der Waals surface area contributed by atoms with Crippen LogP contribution in [0.1, 0.15) is 22.8 Å². The maximum absolute atomic E-state index is 6.02. The van der Waals surface area contributed by atoms with Crippen molar-refractivity contribution in [2.24, 2.45) is 4.99 Å². The van der Waals surface area contributed by atoms with Gasteiger partial charge in [-0.25, -0.2) is 0 Å². The fraction of sp³-hybridized carbons (Fsp3) is 0.118. The summed E-state index contributed by atoms with van der Waals surface area (Å²) in [5, 5.41) is 8.40. The predicted molar refractivity (Wildman–Crippen MR) is 86.7 cm³/mol. The van der Waals surface area contributed by atoms with Gasteiger partial charge in [0, 0.05) is 11.1 Å². The molecule has 3 aromatic rings. The van der Waals surface area contributed by atoms with E-state index >= 15 is 0 Å². The van der Waals surface area contributed by atoms with E-state index < -0.39 is 0 Å². The van der Waals surface area contributed by atoms with Gasteiger partial charge in [-0.15, -0.1) is 21.8 Å². The van der Waals surface area contributed by atoms with E-state index in [1.807, 2.05) is 34.9 Å². The number of aliphatic imine (C=N–C) groups is 1. The number of halogens is 1. The van der Waals surface area contributed by atoms with Crippen molar-refractivity contribution in [1.82, 2.24) is 14.8 Å². The van der Waals surface area contributed by atoms with E-state index in [2.05, 4.69) is 34.5 Å². The van der Waals surface area contributed by atoms with E-state index in [9.17, 15) is 0 Å². The minimum Gasteiger partial charge on any atom is -0.280 e. The molecule has 2 aromatic carbocycles. The third-order valence-corrected chi connectivity index (χ3v) is 3.98. The van der Waals surface area contributed by atoms with Gasteiger partial charge in [-0.2, -0.15) is 0 Å². The molecule has 0 N–H and O–H groups in total. The summed E-state index contributed by atoms with van der Waals surface area (Å²) in [6.45, 7) is 0.489. The maximum atomic E-state index is 6.02. The van der Waals surface area contributed by atoms with Crippen LogP contribution in [0.4, 0.5) is 0 Å². The lowest BCUT2D eigenvalue weighted by Crippen LogP contribution is -2.08. The van der Waals surface area contributed by atoms with Crippen molar-refractivity contribution < 1.29 is 0 Å². The second-order valence-corrected chi connectivity index (χ2v) is 5.32. The van der Waals surface area contributed by atoms with E-state index in [4.69, 9.17) is 16.6 Å². The quantitative estimate of drug-likeness (QED) is 0.681. The Morgan fingerprint density at radius 1 is 0.955 bits per heavy atom. The van der Waals surface area contributed by atoms with Crippen molar-refractivity contribution in [3.05, 3.63) is 77.4 Å². The number of aromatic nitrogens is 3. The van der Waals surface area contributed by atoms with Gasteiger partial charge in [0.2, 0.25) is 0 Å². The molecule has 5 heteroatoms. The van der Waals surface area contributed by atoms with E-state index in [-0.39, 0.29) is 0 Å². The molecule has 0 saturated heterocycles. The first-order chi connectivity index (χ1) is 10.9. The smallest absolute Gasteiger partial charge is 0.159 e. The highest BCUT2D eigenvalue weighted by Crippen LogP contribution is 2.25. The Balaban J connectivity index is 1.97. The molecule has 4 nitrogen and oxygen atoms in total. The van der Waals surface area contributed by atoms with Crippen molar-refractivity contribution in [1.29, 1.82) is 0 Å². The van der Waals surface area contributed by atoms with Gasteiger partial charge in [-0.3, -0.25) is 9.56 Å². The molecule has 0 saturated carbocycles. The molecular formula is C17H13ClN4. The monoisotopic (exact) mass is 308 g/mol. The molecule has 0 amide bonds. The molecule has 22 heavy (non-hydrogen) atoms. The van der Waals surface area contributed by atoms with Crippen LogP contribution < -0.4 is 0 Å².